The number of fused-ring (bicyclic) bond motifs is 3. The van der Waals surface area contributed by atoms with E-state index in [1.165, 1.54) is 6.92 Å². The van der Waals surface area contributed by atoms with Crippen molar-refractivity contribution >= 4 is 33.6 Å². The molecule has 0 spiro atoms. The summed E-state index contributed by atoms with van der Waals surface area (Å²) in [5.41, 5.74) is 1.04. The third kappa shape index (κ3) is 2.20. The Morgan fingerprint density at radius 1 is 1.20 bits per heavy atom. The number of pyridine rings is 1. The summed E-state index contributed by atoms with van der Waals surface area (Å²) in [7, 11) is 0. The normalized spacial score (nSPS) is 19.6. The van der Waals surface area contributed by atoms with Crippen LogP contribution >= 0.6 is 0 Å². The molecule has 3 aromatic rings. The van der Waals surface area contributed by atoms with Crippen LogP contribution in [-0.4, -0.2) is 26.8 Å². The van der Waals surface area contributed by atoms with E-state index >= 15 is 0 Å². The minimum atomic E-state index is -1.11. The highest BCUT2D eigenvalue weighted by Crippen LogP contribution is 2.38. The summed E-state index contributed by atoms with van der Waals surface area (Å²) in [6, 6.07) is 9.24. The summed E-state index contributed by atoms with van der Waals surface area (Å²) >= 11 is 0. The van der Waals surface area contributed by atoms with Crippen molar-refractivity contribution in [3.05, 3.63) is 66.0 Å². The largest absolute Gasteiger partial charge is 0.477 e. The highest BCUT2D eigenvalue weighted by molar-refractivity contribution is 6.11. The first-order valence-corrected chi connectivity index (χ1v) is 8.03. The third-order valence-electron chi connectivity index (χ3n) is 4.83. The van der Waals surface area contributed by atoms with Crippen molar-refractivity contribution < 1.29 is 14.7 Å². The van der Waals surface area contributed by atoms with E-state index in [2.05, 4.69) is 9.97 Å². The Morgan fingerprint density at radius 3 is 2.68 bits per heavy atom. The van der Waals surface area contributed by atoms with Gasteiger partial charge < -0.3 is 10.1 Å². The number of hydrogen-bond donors (Lipinski definition) is 2. The van der Waals surface area contributed by atoms with Crippen LogP contribution in [0.4, 0.5) is 0 Å². The molecule has 0 saturated carbocycles. The number of carbonyl (C=O) groups excluding carboxylic acids is 1. The summed E-state index contributed by atoms with van der Waals surface area (Å²) in [6.45, 7) is 1.52. The van der Waals surface area contributed by atoms with Gasteiger partial charge in [-0.3, -0.25) is 4.79 Å². The first-order chi connectivity index (χ1) is 12.0. The molecule has 2 heterocycles. The van der Waals surface area contributed by atoms with Gasteiger partial charge in [-0.1, -0.05) is 42.5 Å². The number of nitrogens with zero attached hydrogens (tertiary/aromatic N) is 1. The fourth-order valence-electron chi connectivity index (χ4n) is 3.50. The number of hydrogen-bond acceptors (Lipinski definition) is 3. The smallest absolute Gasteiger partial charge is 0.354 e. The Bertz CT molecular complexity index is 1090. The molecular formula is C20H16N2O3. The van der Waals surface area contributed by atoms with Crippen molar-refractivity contribution in [1.82, 2.24) is 9.97 Å². The van der Waals surface area contributed by atoms with E-state index in [0.717, 1.165) is 16.3 Å². The van der Waals surface area contributed by atoms with Gasteiger partial charge in [0, 0.05) is 16.3 Å². The minimum Gasteiger partial charge on any atom is -0.477 e. The van der Waals surface area contributed by atoms with Crippen LogP contribution in [0, 0.1) is 0 Å². The van der Waals surface area contributed by atoms with Crippen LogP contribution < -0.4 is 0 Å². The number of aromatic nitrogens is 2. The molecule has 5 nitrogen and oxygen atoms in total. The van der Waals surface area contributed by atoms with E-state index in [0.29, 0.717) is 17.6 Å². The Kier molecular flexibility index (Phi) is 3.32. The summed E-state index contributed by atoms with van der Waals surface area (Å²) in [5, 5.41) is 11.2. The number of rotatable bonds is 3. The van der Waals surface area contributed by atoms with Gasteiger partial charge in [-0.05, 0) is 25.5 Å². The van der Waals surface area contributed by atoms with Gasteiger partial charge in [0.2, 0.25) is 0 Å². The van der Waals surface area contributed by atoms with Gasteiger partial charge in [-0.2, -0.15) is 0 Å². The zero-order chi connectivity index (χ0) is 17.6. The predicted molar refractivity (Wildman–Crippen MR) is 95.8 cm³/mol. The van der Waals surface area contributed by atoms with Gasteiger partial charge in [-0.15, -0.1) is 0 Å². The van der Waals surface area contributed by atoms with Gasteiger partial charge in [0.25, 0.3) is 0 Å². The molecule has 0 bridgehead atoms. The number of benzene rings is 1. The van der Waals surface area contributed by atoms with Gasteiger partial charge in [-0.25, -0.2) is 9.78 Å². The highest BCUT2D eigenvalue weighted by atomic mass is 16.4. The number of carboxylic acids is 1. The quantitative estimate of drug-likeness (QED) is 0.765. The molecular weight excluding hydrogens is 316 g/mol. The van der Waals surface area contributed by atoms with Crippen molar-refractivity contribution in [1.29, 1.82) is 0 Å². The first kappa shape index (κ1) is 15.3. The van der Waals surface area contributed by atoms with Crippen molar-refractivity contribution in [3.8, 4) is 0 Å². The van der Waals surface area contributed by atoms with Gasteiger partial charge in [0.15, 0.2) is 0 Å². The monoisotopic (exact) mass is 332 g/mol. The summed E-state index contributed by atoms with van der Waals surface area (Å²) < 4.78 is 0. The van der Waals surface area contributed by atoms with E-state index < -0.39 is 11.4 Å². The van der Waals surface area contributed by atoms with Crippen LogP contribution in [0.5, 0.6) is 0 Å². The van der Waals surface area contributed by atoms with Crippen molar-refractivity contribution in [3.63, 3.8) is 0 Å². The van der Waals surface area contributed by atoms with Crippen LogP contribution in [0.3, 0.4) is 0 Å². The molecule has 0 amide bonds. The number of aromatic amines is 1. The van der Waals surface area contributed by atoms with Crippen molar-refractivity contribution in [2.45, 2.75) is 18.8 Å². The van der Waals surface area contributed by atoms with E-state index in [1.807, 2.05) is 48.6 Å². The van der Waals surface area contributed by atoms with Crippen molar-refractivity contribution in [2.24, 2.45) is 0 Å². The average Bonchev–Trinajstić information content (AvgIpc) is 3.00. The number of Topliss-reactive ketones (excluding diaryl/α,β-unsaturated/α-hetero) is 1. The Labute approximate surface area is 143 Å². The first-order valence-electron chi connectivity index (χ1n) is 8.03. The Balaban J connectivity index is 2.15. The second kappa shape index (κ2) is 5.41. The molecule has 0 saturated heterocycles. The maximum atomic E-state index is 12.6. The topological polar surface area (TPSA) is 83.1 Å². The third-order valence-corrected chi connectivity index (χ3v) is 4.83. The number of allylic oxidation sites excluding steroid dienone is 4. The van der Waals surface area contributed by atoms with Crippen molar-refractivity contribution in [2.75, 3.05) is 0 Å². The number of aromatic carboxylic acids is 1. The molecule has 2 aromatic heterocycles. The summed E-state index contributed by atoms with van der Waals surface area (Å²) in [5.74, 6) is -1.18. The Morgan fingerprint density at radius 2 is 2.00 bits per heavy atom. The van der Waals surface area contributed by atoms with Crippen LogP contribution in [0.1, 0.15) is 29.5 Å². The number of nitrogens with one attached hydrogen (secondary N) is 1. The number of para-hydroxylation sites is 1. The molecule has 1 unspecified atom stereocenters. The summed E-state index contributed by atoms with van der Waals surface area (Å²) in [6.07, 6.45) is 7.87. The lowest BCUT2D eigenvalue weighted by Crippen LogP contribution is -2.34. The lowest BCUT2D eigenvalue weighted by atomic mass is 9.74. The van der Waals surface area contributed by atoms with Gasteiger partial charge in [0.1, 0.15) is 11.5 Å². The fraction of sp³-hybridized carbons (Fsp3) is 0.150. The molecule has 2 N–H and O–H groups in total. The Hall–Kier alpha value is -3.21. The van der Waals surface area contributed by atoms with Crippen LogP contribution in [0.25, 0.3) is 21.8 Å². The van der Waals surface area contributed by atoms with E-state index in [9.17, 15) is 14.7 Å². The molecule has 0 aliphatic heterocycles. The van der Waals surface area contributed by atoms with Gasteiger partial charge in [0.05, 0.1) is 16.6 Å². The van der Waals surface area contributed by atoms with Crippen LogP contribution in [0.2, 0.25) is 0 Å². The zero-order valence-corrected chi connectivity index (χ0v) is 13.6. The molecule has 1 aliphatic carbocycles. The standard InChI is InChI=1S/C20H16N2O3/c1-12(23)20(9-5-2-6-10-20)18-17-14(11-16(22-18)19(24)25)13-7-3-4-8-15(13)21-17/h2-9,11,21H,10H2,1H3,(H,24,25). The molecule has 25 heavy (non-hydrogen) atoms. The van der Waals surface area contributed by atoms with Gasteiger partial charge >= 0.3 is 5.97 Å². The maximum absolute atomic E-state index is 12.6. The average molecular weight is 332 g/mol. The molecule has 5 heteroatoms. The summed E-state index contributed by atoms with van der Waals surface area (Å²) in [4.78, 5) is 31.9. The highest BCUT2D eigenvalue weighted by Gasteiger charge is 2.39. The lowest BCUT2D eigenvalue weighted by Gasteiger charge is -2.28. The maximum Gasteiger partial charge on any atom is 0.354 e. The molecule has 1 atom stereocenters. The SMILES string of the molecule is CC(=O)C1(c2nc(C(=O)O)cc3c2[nH]c2ccccc23)C=CC=CC1. The molecule has 0 fully saturated rings. The van der Waals surface area contributed by atoms with Crippen LogP contribution in [-0.2, 0) is 10.2 Å². The predicted octanol–water partition coefficient (Wildman–Crippen LogP) is 3.76. The molecule has 1 aromatic carbocycles. The second-order valence-electron chi connectivity index (χ2n) is 6.27. The van der Waals surface area contributed by atoms with E-state index in [-0.39, 0.29) is 11.5 Å². The zero-order valence-electron chi connectivity index (χ0n) is 13.6. The number of carbonyl (C=O) groups is 2. The second-order valence-corrected chi connectivity index (χ2v) is 6.27. The lowest BCUT2D eigenvalue weighted by molar-refractivity contribution is -0.120. The number of H-pyrrole nitrogens is 1. The molecule has 4 rings (SSSR count). The number of carboxylic acid groups (broad SMARTS) is 1. The minimum absolute atomic E-state index is 0.0594. The van der Waals surface area contributed by atoms with E-state index in [1.54, 1.807) is 6.07 Å². The molecule has 0 radical (unpaired) electrons. The number of ketones is 1. The molecule has 124 valence electrons. The fourth-order valence-corrected chi connectivity index (χ4v) is 3.50. The molecule has 1 aliphatic rings. The van der Waals surface area contributed by atoms with E-state index in [4.69, 9.17) is 0 Å². The van der Waals surface area contributed by atoms with Crippen LogP contribution in [0.15, 0.2) is 54.6 Å².